The standard InChI is InChI=1S/C16H27N3O2/c1-21-13-7-4-6-11(9-13)15-17-16(19-18-15)14-8-3-2-5-12(14)10-20/h11-14,20H,2-10H2,1H3,(H,17,18,19). The van der Waals surface area contributed by atoms with E-state index in [1.807, 2.05) is 0 Å². The molecule has 0 spiro atoms. The van der Waals surface area contributed by atoms with Gasteiger partial charge in [-0.15, -0.1) is 0 Å². The van der Waals surface area contributed by atoms with E-state index < -0.39 is 0 Å². The fourth-order valence-corrected chi connectivity index (χ4v) is 4.02. The predicted octanol–water partition coefficient (Wildman–Crippen LogP) is 2.74. The van der Waals surface area contributed by atoms with Crippen LogP contribution in [0.1, 0.15) is 74.9 Å². The first kappa shape index (κ1) is 15.0. The Morgan fingerprint density at radius 1 is 1.19 bits per heavy atom. The minimum absolute atomic E-state index is 0.260. The first-order valence-electron chi connectivity index (χ1n) is 8.37. The number of nitrogens with zero attached hydrogens (tertiary/aromatic N) is 2. The molecule has 5 heteroatoms. The first-order chi connectivity index (χ1) is 10.3. The normalized spacial score (nSPS) is 34.0. The number of H-pyrrole nitrogens is 1. The first-order valence-corrected chi connectivity index (χ1v) is 8.37. The number of methoxy groups -OCH3 is 1. The highest BCUT2D eigenvalue weighted by atomic mass is 16.5. The SMILES string of the molecule is COC1CCCC(c2n[nH]c(C3CCCCC3CO)n2)C1. The molecule has 0 radical (unpaired) electrons. The van der Waals surface area contributed by atoms with E-state index in [0.29, 0.717) is 23.9 Å². The molecular weight excluding hydrogens is 266 g/mol. The van der Waals surface area contributed by atoms with Crippen molar-refractivity contribution in [2.75, 3.05) is 13.7 Å². The highest BCUT2D eigenvalue weighted by molar-refractivity contribution is 5.06. The molecule has 2 aliphatic rings. The Balaban J connectivity index is 1.70. The van der Waals surface area contributed by atoms with Gasteiger partial charge in [0.1, 0.15) is 5.82 Å². The monoisotopic (exact) mass is 293 g/mol. The number of aliphatic hydroxyl groups excluding tert-OH is 1. The number of ether oxygens (including phenoxy) is 1. The van der Waals surface area contributed by atoms with Gasteiger partial charge in [-0.1, -0.05) is 19.3 Å². The van der Waals surface area contributed by atoms with Crippen molar-refractivity contribution in [3.8, 4) is 0 Å². The lowest BCUT2D eigenvalue weighted by Gasteiger charge is -2.28. The van der Waals surface area contributed by atoms with Crippen molar-refractivity contribution >= 4 is 0 Å². The van der Waals surface area contributed by atoms with E-state index in [2.05, 4.69) is 10.2 Å². The molecule has 2 aliphatic carbocycles. The third-order valence-electron chi connectivity index (χ3n) is 5.34. The molecule has 3 rings (SSSR count). The molecular formula is C16H27N3O2. The van der Waals surface area contributed by atoms with E-state index in [-0.39, 0.29) is 6.61 Å². The van der Waals surface area contributed by atoms with Crippen LogP contribution in [0.2, 0.25) is 0 Å². The van der Waals surface area contributed by atoms with Crippen molar-refractivity contribution in [3.05, 3.63) is 11.6 Å². The fraction of sp³-hybridized carbons (Fsp3) is 0.875. The minimum atomic E-state index is 0.260. The molecule has 118 valence electrons. The van der Waals surface area contributed by atoms with Crippen LogP contribution in [0.15, 0.2) is 0 Å². The third-order valence-corrected chi connectivity index (χ3v) is 5.34. The van der Waals surface area contributed by atoms with E-state index in [1.54, 1.807) is 7.11 Å². The zero-order valence-corrected chi connectivity index (χ0v) is 12.9. The summed E-state index contributed by atoms with van der Waals surface area (Å²) in [6.45, 7) is 0.260. The van der Waals surface area contributed by atoms with Crippen LogP contribution in [0.3, 0.4) is 0 Å². The maximum Gasteiger partial charge on any atom is 0.153 e. The van der Waals surface area contributed by atoms with Gasteiger partial charge >= 0.3 is 0 Å². The summed E-state index contributed by atoms with van der Waals surface area (Å²) >= 11 is 0. The van der Waals surface area contributed by atoms with Crippen LogP contribution in [0.5, 0.6) is 0 Å². The van der Waals surface area contributed by atoms with Gasteiger partial charge in [-0.05, 0) is 38.0 Å². The summed E-state index contributed by atoms with van der Waals surface area (Å²) in [6.07, 6.45) is 9.55. The molecule has 2 N–H and O–H groups in total. The predicted molar refractivity (Wildman–Crippen MR) is 80.2 cm³/mol. The summed E-state index contributed by atoms with van der Waals surface area (Å²) in [5.74, 6) is 3.06. The third kappa shape index (κ3) is 3.29. The number of hydrogen-bond donors (Lipinski definition) is 2. The zero-order chi connectivity index (χ0) is 14.7. The van der Waals surface area contributed by atoms with Crippen molar-refractivity contribution in [1.82, 2.24) is 15.2 Å². The van der Waals surface area contributed by atoms with E-state index in [4.69, 9.17) is 9.72 Å². The molecule has 21 heavy (non-hydrogen) atoms. The number of aliphatic hydroxyl groups is 1. The largest absolute Gasteiger partial charge is 0.396 e. The van der Waals surface area contributed by atoms with Gasteiger partial charge in [-0.25, -0.2) is 4.98 Å². The van der Waals surface area contributed by atoms with Crippen molar-refractivity contribution in [2.24, 2.45) is 5.92 Å². The molecule has 2 saturated carbocycles. The topological polar surface area (TPSA) is 71.0 Å². The molecule has 0 aliphatic heterocycles. The van der Waals surface area contributed by atoms with E-state index >= 15 is 0 Å². The van der Waals surface area contributed by atoms with Crippen LogP contribution in [-0.4, -0.2) is 40.1 Å². The van der Waals surface area contributed by atoms with Crippen molar-refractivity contribution in [1.29, 1.82) is 0 Å². The summed E-state index contributed by atoms with van der Waals surface area (Å²) in [5, 5.41) is 17.2. The summed E-state index contributed by atoms with van der Waals surface area (Å²) < 4.78 is 5.50. The van der Waals surface area contributed by atoms with Crippen molar-refractivity contribution in [2.45, 2.75) is 69.3 Å². The van der Waals surface area contributed by atoms with Gasteiger partial charge < -0.3 is 9.84 Å². The van der Waals surface area contributed by atoms with Crippen LogP contribution in [0, 0.1) is 5.92 Å². The number of nitrogens with one attached hydrogen (secondary N) is 1. The van der Waals surface area contributed by atoms with Gasteiger partial charge in [0.25, 0.3) is 0 Å². The van der Waals surface area contributed by atoms with Crippen LogP contribution in [0.4, 0.5) is 0 Å². The average Bonchev–Trinajstić information content (AvgIpc) is 3.04. The van der Waals surface area contributed by atoms with Gasteiger partial charge in [0, 0.05) is 25.6 Å². The van der Waals surface area contributed by atoms with Gasteiger partial charge in [0.2, 0.25) is 0 Å². The molecule has 5 nitrogen and oxygen atoms in total. The van der Waals surface area contributed by atoms with Crippen LogP contribution < -0.4 is 0 Å². The van der Waals surface area contributed by atoms with Gasteiger partial charge in [-0.2, -0.15) is 5.10 Å². The van der Waals surface area contributed by atoms with Gasteiger partial charge in [0.05, 0.1) is 6.10 Å². The molecule has 0 amide bonds. The maximum absolute atomic E-state index is 9.57. The Morgan fingerprint density at radius 2 is 2.05 bits per heavy atom. The van der Waals surface area contributed by atoms with Crippen LogP contribution in [-0.2, 0) is 4.74 Å². The average molecular weight is 293 g/mol. The van der Waals surface area contributed by atoms with Gasteiger partial charge in [-0.3, -0.25) is 5.10 Å². The van der Waals surface area contributed by atoms with E-state index in [1.165, 1.54) is 19.3 Å². The lowest BCUT2D eigenvalue weighted by molar-refractivity contribution is 0.0624. The smallest absolute Gasteiger partial charge is 0.153 e. The van der Waals surface area contributed by atoms with Crippen LogP contribution >= 0.6 is 0 Å². The molecule has 1 aromatic rings. The quantitative estimate of drug-likeness (QED) is 0.895. The number of hydrogen-bond acceptors (Lipinski definition) is 4. The second kappa shape index (κ2) is 6.88. The zero-order valence-electron chi connectivity index (χ0n) is 12.9. The fourth-order valence-electron chi connectivity index (χ4n) is 4.02. The maximum atomic E-state index is 9.57. The second-order valence-corrected chi connectivity index (χ2v) is 6.63. The molecule has 4 unspecified atom stereocenters. The lowest BCUT2D eigenvalue weighted by atomic mass is 9.79. The Bertz CT molecular complexity index is 448. The molecule has 2 fully saturated rings. The minimum Gasteiger partial charge on any atom is -0.396 e. The van der Waals surface area contributed by atoms with Crippen molar-refractivity contribution < 1.29 is 9.84 Å². The van der Waals surface area contributed by atoms with Gasteiger partial charge in [0.15, 0.2) is 5.82 Å². The van der Waals surface area contributed by atoms with E-state index in [0.717, 1.165) is 43.8 Å². The Kier molecular flexibility index (Phi) is 4.91. The summed E-state index contributed by atoms with van der Waals surface area (Å²) in [4.78, 5) is 4.79. The molecule has 4 atom stereocenters. The number of aromatic amines is 1. The van der Waals surface area contributed by atoms with Crippen molar-refractivity contribution in [3.63, 3.8) is 0 Å². The summed E-state index contributed by atoms with van der Waals surface area (Å²) in [7, 11) is 1.80. The van der Waals surface area contributed by atoms with E-state index in [9.17, 15) is 5.11 Å². The summed E-state index contributed by atoms with van der Waals surface area (Å²) in [6, 6.07) is 0. The Morgan fingerprint density at radius 3 is 2.86 bits per heavy atom. The number of rotatable bonds is 4. The molecule has 0 saturated heterocycles. The highest BCUT2D eigenvalue weighted by Crippen LogP contribution is 2.37. The molecule has 1 aromatic heterocycles. The highest BCUT2D eigenvalue weighted by Gasteiger charge is 2.31. The Labute approximate surface area is 126 Å². The molecule has 0 aromatic carbocycles. The summed E-state index contributed by atoms with van der Waals surface area (Å²) in [5.41, 5.74) is 0. The Hall–Kier alpha value is -0.940. The molecule has 0 bridgehead atoms. The molecule has 1 heterocycles. The second-order valence-electron chi connectivity index (χ2n) is 6.63. The number of aromatic nitrogens is 3. The van der Waals surface area contributed by atoms with Crippen LogP contribution in [0.25, 0.3) is 0 Å². The lowest BCUT2D eigenvalue weighted by Crippen LogP contribution is -2.22.